The predicted molar refractivity (Wildman–Crippen MR) is 111 cm³/mol. The normalized spacial score (nSPS) is 28.3. The zero-order valence-electron chi connectivity index (χ0n) is 16.9. The number of hydrogen-bond donors (Lipinski definition) is 1. The summed E-state index contributed by atoms with van der Waals surface area (Å²) < 4.78 is 18.0. The van der Waals surface area contributed by atoms with E-state index < -0.39 is 11.1 Å². The number of nitrogens with zero attached hydrogens (tertiary/aromatic N) is 1. The van der Waals surface area contributed by atoms with Gasteiger partial charge in [0, 0.05) is 5.56 Å². The largest absolute Gasteiger partial charge is 0.487 e. The molecule has 2 spiro atoms. The summed E-state index contributed by atoms with van der Waals surface area (Å²) in [7, 11) is 0. The second-order valence-corrected chi connectivity index (χ2v) is 9.40. The summed E-state index contributed by atoms with van der Waals surface area (Å²) in [5.41, 5.74) is 9.59. The molecular weight excluding hydrogens is 364 g/mol. The van der Waals surface area contributed by atoms with Crippen molar-refractivity contribution in [3.63, 3.8) is 0 Å². The number of ether oxygens (including phenoxy) is 3. The van der Waals surface area contributed by atoms with Crippen LogP contribution in [-0.2, 0) is 15.0 Å². The Morgan fingerprint density at radius 3 is 2.45 bits per heavy atom. The lowest BCUT2D eigenvalue weighted by Crippen LogP contribution is -2.71. The van der Waals surface area contributed by atoms with Gasteiger partial charge in [0.05, 0.1) is 18.6 Å². The molecule has 2 fully saturated rings. The van der Waals surface area contributed by atoms with Gasteiger partial charge in [-0.25, -0.2) is 4.99 Å². The first-order valence-electron chi connectivity index (χ1n) is 10.4. The van der Waals surface area contributed by atoms with E-state index >= 15 is 0 Å². The van der Waals surface area contributed by atoms with Gasteiger partial charge in [0.2, 0.25) is 0 Å². The van der Waals surface area contributed by atoms with E-state index in [2.05, 4.69) is 56.3 Å². The monoisotopic (exact) mass is 390 g/mol. The van der Waals surface area contributed by atoms with E-state index in [0.717, 1.165) is 17.2 Å². The number of rotatable bonds is 2. The molecule has 4 aliphatic rings. The van der Waals surface area contributed by atoms with E-state index in [1.54, 1.807) is 0 Å². The molecule has 3 heterocycles. The highest BCUT2D eigenvalue weighted by molar-refractivity contribution is 5.76. The van der Waals surface area contributed by atoms with Crippen LogP contribution in [0.15, 0.2) is 47.5 Å². The van der Waals surface area contributed by atoms with Gasteiger partial charge in [-0.1, -0.05) is 30.3 Å². The molecule has 0 bridgehead atoms. The molecule has 0 radical (unpaired) electrons. The summed E-state index contributed by atoms with van der Waals surface area (Å²) in [5.74, 6) is 1.59. The summed E-state index contributed by atoms with van der Waals surface area (Å²) in [5, 5.41) is 0. The number of hydrogen-bond acceptors (Lipinski definition) is 5. The Labute approximate surface area is 170 Å². The predicted octanol–water partition coefficient (Wildman–Crippen LogP) is 3.96. The van der Waals surface area contributed by atoms with E-state index in [1.807, 2.05) is 0 Å². The maximum Gasteiger partial charge on any atom is 0.283 e. The minimum absolute atomic E-state index is 0.251. The van der Waals surface area contributed by atoms with Crippen molar-refractivity contribution in [2.24, 2.45) is 16.1 Å². The fraction of sp³-hybridized carbons (Fsp3) is 0.458. The highest BCUT2D eigenvalue weighted by Crippen LogP contribution is 2.62. The third kappa shape index (κ3) is 2.22. The highest BCUT2D eigenvalue weighted by atomic mass is 16.5. The molecule has 2 N–H and O–H groups in total. The van der Waals surface area contributed by atoms with Crippen LogP contribution in [0.1, 0.15) is 43.7 Å². The van der Waals surface area contributed by atoms with Crippen LogP contribution in [-0.4, -0.2) is 31.4 Å². The van der Waals surface area contributed by atoms with Crippen molar-refractivity contribution in [1.29, 1.82) is 0 Å². The molecule has 2 aromatic carbocycles. The van der Waals surface area contributed by atoms with Crippen molar-refractivity contribution >= 4 is 6.02 Å². The Morgan fingerprint density at radius 2 is 1.79 bits per heavy atom. The van der Waals surface area contributed by atoms with Gasteiger partial charge >= 0.3 is 0 Å². The standard InChI is InChI=1S/C24H26N2O3/c1-22(2)23(12-27-13-23)24(14-28-21(25)26-24)19-11-18(8-9-20(19)29-22)17-5-3-4-16(10-17)15-6-7-15/h3-5,8-11,15H,6-7,12-14H2,1-2H3,(H2,25,26). The van der Waals surface area contributed by atoms with E-state index in [0.29, 0.717) is 19.8 Å². The molecule has 1 aliphatic carbocycles. The lowest BCUT2D eigenvalue weighted by molar-refractivity contribution is -0.247. The van der Waals surface area contributed by atoms with Crippen LogP contribution in [0.25, 0.3) is 11.1 Å². The van der Waals surface area contributed by atoms with Gasteiger partial charge in [-0.15, -0.1) is 0 Å². The third-order valence-corrected chi connectivity index (χ3v) is 7.43. The number of amidine groups is 1. The van der Waals surface area contributed by atoms with Crippen molar-refractivity contribution in [2.45, 2.75) is 43.7 Å². The number of benzene rings is 2. The molecule has 0 amide bonds. The molecule has 1 unspecified atom stereocenters. The van der Waals surface area contributed by atoms with Gasteiger partial charge in [0.15, 0.2) is 0 Å². The van der Waals surface area contributed by atoms with E-state index in [-0.39, 0.29) is 11.4 Å². The van der Waals surface area contributed by atoms with Crippen molar-refractivity contribution in [1.82, 2.24) is 0 Å². The van der Waals surface area contributed by atoms with Gasteiger partial charge in [-0.2, -0.15) is 0 Å². The Hall–Kier alpha value is -2.53. The maximum absolute atomic E-state index is 6.52. The first kappa shape index (κ1) is 17.3. The Bertz CT molecular complexity index is 1040. The fourth-order valence-corrected chi connectivity index (χ4v) is 5.35. The highest BCUT2D eigenvalue weighted by Gasteiger charge is 2.71. The van der Waals surface area contributed by atoms with Crippen molar-refractivity contribution in [3.8, 4) is 16.9 Å². The van der Waals surface area contributed by atoms with Gasteiger partial charge in [0.25, 0.3) is 6.02 Å². The smallest absolute Gasteiger partial charge is 0.283 e. The Morgan fingerprint density at radius 1 is 1.00 bits per heavy atom. The molecular formula is C24H26N2O3. The zero-order chi connectivity index (χ0) is 19.9. The van der Waals surface area contributed by atoms with Gasteiger partial charge < -0.3 is 19.9 Å². The van der Waals surface area contributed by atoms with Crippen LogP contribution in [0.2, 0.25) is 0 Å². The van der Waals surface area contributed by atoms with Crippen molar-refractivity contribution in [3.05, 3.63) is 53.6 Å². The average molecular weight is 390 g/mol. The zero-order valence-corrected chi connectivity index (χ0v) is 16.9. The Kier molecular flexibility index (Phi) is 3.31. The number of fused-ring (bicyclic) bond motifs is 3. The third-order valence-electron chi connectivity index (χ3n) is 7.43. The number of aliphatic imine (C=N–C) groups is 1. The minimum atomic E-state index is -0.587. The second-order valence-electron chi connectivity index (χ2n) is 9.40. The van der Waals surface area contributed by atoms with E-state index in [4.69, 9.17) is 24.9 Å². The molecule has 1 saturated carbocycles. The molecule has 1 saturated heterocycles. The second kappa shape index (κ2) is 5.54. The van der Waals surface area contributed by atoms with Gasteiger partial charge in [-0.3, -0.25) is 0 Å². The first-order valence-corrected chi connectivity index (χ1v) is 10.4. The lowest BCUT2D eigenvalue weighted by Gasteiger charge is -2.61. The van der Waals surface area contributed by atoms with E-state index in [1.165, 1.54) is 29.5 Å². The first-order chi connectivity index (χ1) is 13.9. The molecule has 3 aliphatic heterocycles. The molecule has 150 valence electrons. The molecule has 29 heavy (non-hydrogen) atoms. The van der Waals surface area contributed by atoms with Crippen LogP contribution in [0, 0.1) is 5.41 Å². The number of nitrogens with two attached hydrogens (primary N) is 1. The molecule has 6 rings (SSSR count). The molecule has 5 heteroatoms. The van der Waals surface area contributed by atoms with Gasteiger partial charge in [0.1, 0.15) is 23.5 Å². The fourth-order valence-electron chi connectivity index (χ4n) is 5.35. The SMILES string of the molecule is CC1(C)Oc2ccc(-c3cccc(C4CC4)c3)cc2C2(COC(N)=N2)C12COC2. The average Bonchev–Trinajstić information content (AvgIpc) is 3.44. The van der Waals surface area contributed by atoms with Crippen LogP contribution in [0.5, 0.6) is 5.75 Å². The molecule has 5 nitrogen and oxygen atoms in total. The summed E-state index contributed by atoms with van der Waals surface area (Å²) in [6, 6.07) is 15.6. The summed E-state index contributed by atoms with van der Waals surface area (Å²) in [4.78, 5) is 4.89. The minimum Gasteiger partial charge on any atom is -0.487 e. The quantitative estimate of drug-likeness (QED) is 0.843. The van der Waals surface area contributed by atoms with Crippen LogP contribution >= 0.6 is 0 Å². The van der Waals surface area contributed by atoms with E-state index in [9.17, 15) is 0 Å². The Balaban J connectivity index is 1.53. The summed E-state index contributed by atoms with van der Waals surface area (Å²) >= 11 is 0. The molecule has 0 aromatic heterocycles. The summed E-state index contributed by atoms with van der Waals surface area (Å²) in [6.07, 6.45) is 2.60. The van der Waals surface area contributed by atoms with Crippen LogP contribution in [0.3, 0.4) is 0 Å². The molecule has 1 atom stereocenters. The maximum atomic E-state index is 6.52. The van der Waals surface area contributed by atoms with Crippen LogP contribution in [0.4, 0.5) is 0 Å². The molecule has 2 aromatic rings. The van der Waals surface area contributed by atoms with Crippen molar-refractivity contribution < 1.29 is 14.2 Å². The topological polar surface area (TPSA) is 66.1 Å². The summed E-state index contributed by atoms with van der Waals surface area (Å²) in [6.45, 7) is 5.84. The lowest BCUT2D eigenvalue weighted by atomic mass is 9.55. The van der Waals surface area contributed by atoms with Crippen LogP contribution < -0.4 is 10.5 Å². The van der Waals surface area contributed by atoms with Gasteiger partial charge in [-0.05, 0) is 61.4 Å². The van der Waals surface area contributed by atoms with Crippen molar-refractivity contribution in [2.75, 3.05) is 19.8 Å².